The SMILES string of the molecule is CCCNS(=O)(=O)Nc1ccc(F)c(C(=O)c2c[nH]c3ncc(C#CC4CCN(C(=O)CN5CCCCC5c5ccc(NC6CCC(=O)NC6=O)cc5F)CC4)cc23)c1F. The summed E-state index contributed by atoms with van der Waals surface area (Å²) >= 11 is 0. The molecule has 2 atom stereocenters. The van der Waals surface area contributed by atoms with Crippen molar-refractivity contribution in [2.24, 2.45) is 5.92 Å². The van der Waals surface area contributed by atoms with Gasteiger partial charge in [0.2, 0.25) is 23.5 Å². The van der Waals surface area contributed by atoms with E-state index in [4.69, 9.17) is 0 Å². The predicted octanol–water partition coefficient (Wildman–Crippen LogP) is 4.90. The van der Waals surface area contributed by atoms with Crippen molar-refractivity contribution in [3.8, 4) is 11.8 Å². The second kappa shape index (κ2) is 18.2. The molecule has 0 radical (unpaired) electrons. The van der Waals surface area contributed by atoms with Crippen LogP contribution < -0.4 is 20.1 Å². The summed E-state index contributed by atoms with van der Waals surface area (Å²) in [6.45, 7) is 3.60. The average Bonchev–Trinajstić information content (AvgIpc) is 3.65. The van der Waals surface area contributed by atoms with Gasteiger partial charge in [0.05, 0.1) is 17.8 Å². The number of rotatable bonds is 12. The number of H-pyrrole nitrogens is 1. The van der Waals surface area contributed by atoms with Crippen molar-refractivity contribution in [3.05, 3.63) is 88.5 Å². The van der Waals surface area contributed by atoms with Crippen molar-refractivity contribution in [1.29, 1.82) is 0 Å². The minimum Gasteiger partial charge on any atom is -0.374 e. The lowest BCUT2D eigenvalue weighted by Crippen LogP contribution is -2.47. The van der Waals surface area contributed by atoms with E-state index in [1.165, 1.54) is 18.5 Å². The quantitative estimate of drug-likeness (QED) is 0.0752. The van der Waals surface area contributed by atoms with Gasteiger partial charge in [-0.15, -0.1) is 0 Å². The molecule has 5 N–H and O–H groups in total. The van der Waals surface area contributed by atoms with Gasteiger partial charge >= 0.3 is 0 Å². The number of nitrogens with zero attached hydrogens (tertiary/aromatic N) is 3. The number of halogens is 3. The molecule has 316 valence electrons. The van der Waals surface area contributed by atoms with Gasteiger partial charge in [0, 0.05) is 78.2 Å². The van der Waals surface area contributed by atoms with Crippen LogP contribution in [0.25, 0.3) is 11.0 Å². The Bertz CT molecular complexity index is 2500. The van der Waals surface area contributed by atoms with E-state index in [-0.39, 0.29) is 59.9 Å². The maximum Gasteiger partial charge on any atom is 0.299 e. The zero-order valence-electron chi connectivity index (χ0n) is 32.9. The number of hydrogen-bond donors (Lipinski definition) is 5. The van der Waals surface area contributed by atoms with Gasteiger partial charge in [-0.25, -0.2) is 18.2 Å². The number of carbonyl (C=O) groups excluding carboxylic acids is 4. The average molecular weight is 847 g/mol. The summed E-state index contributed by atoms with van der Waals surface area (Å²) in [4.78, 5) is 61.8. The second-order valence-corrected chi connectivity index (χ2v) is 16.7. The number of likely N-dealkylation sites (tertiary alicyclic amines) is 2. The molecule has 3 aliphatic rings. The molecule has 3 fully saturated rings. The molecule has 5 heterocycles. The van der Waals surface area contributed by atoms with Crippen molar-refractivity contribution in [2.45, 2.75) is 70.4 Å². The number of benzene rings is 2. The Morgan fingerprint density at radius 1 is 0.983 bits per heavy atom. The Morgan fingerprint density at radius 2 is 1.78 bits per heavy atom. The van der Waals surface area contributed by atoms with Crippen LogP contribution in [-0.4, -0.2) is 90.5 Å². The van der Waals surface area contributed by atoms with Crippen LogP contribution in [0.2, 0.25) is 0 Å². The van der Waals surface area contributed by atoms with E-state index in [0.717, 1.165) is 25.0 Å². The van der Waals surface area contributed by atoms with Crippen molar-refractivity contribution in [2.75, 3.05) is 42.8 Å². The van der Waals surface area contributed by atoms with Crippen molar-refractivity contribution in [3.63, 3.8) is 0 Å². The van der Waals surface area contributed by atoms with Gasteiger partial charge < -0.3 is 15.2 Å². The lowest BCUT2D eigenvalue weighted by molar-refractivity contribution is -0.135. The standard InChI is InChI=1S/C42H45F3N8O6S/c1-2-16-48-60(58,59)51-33-11-10-31(43)38(39(33)45)40(56)30-23-47-41-29(30)20-26(22-46-41)7-6-25-14-18-52(19-15-25)37(55)24-53-17-4-3-5-35(53)28-9-8-27(21-32(28)44)49-34-12-13-36(54)50-42(34)57/h8-11,20-23,25,34-35,48-49,51H,2-5,12-19,24H2,1H3,(H,46,47)(H,50,54,57). The summed E-state index contributed by atoms with van der Waals surface area (Å²) < 4.78 is 74.8. The first-order chi connectivity index (χ1) is 28.8. The van der Waals surface area contributed by atoms with Crippen molar-refractivity contribution < 1.29 is 40.8 Å². The molecule has 0 bridgehead atoms. The highest BCUT2D eigenvalue weighted by atomic mass is 32.2. The lowest BCUT2D eigenvalue weighted by Gasteiger charge is -2.38. The van der Waals surface area contributed by atoms with E-state index in [1.54, 1.807) is 30.0 Å². The maximum atomic E-state index is 15.6. The van der Waals surface area contributed by atoms with Crippen molar-refractivity contribution in [1.82, 2.24) is 29.8 Å². The Hall–Kier alpha value is -5.77. The maximum absolute atomic E-state index is 15.6. The molecule has 2 aromatic heterocycles. The monoisotopic (exact) mass is 846 g/mol. The number of aromatic amines is 1. The van der Waals surface area contributed by atoms with E-state index in [9.17, 15) is 32.0 Å². The highest BCUT2D eigenvalue weighted by Crippen LogP contribution is 2.34. The lowest BCUT2D eigenvalue weighted by atomic mass is 9.94. The van der Waals surface area contributed by atoms with Gasteiger partial charge in [-0.3, -0.25) is 34.1 Å². The number of nitrogens with one attached hydrogen (secondary N) is 5. The number of imide groups is 1. The minimum absolute atomic E-state index is 0.0391. The summed E-state index contributed by atoms with van der Waals surface area (Å²) in [7, 11) is -4.17. The highest BCUT2D eigenvalue weighted by Gasteiger charge is 2.32. The number of amides is 3. The number of piperidine rings is 3. The summed E-state index contributed by atoms with van der Waals surface area (Å²) in [6, 6.07) is 7.17. The molecule has 3 aliphatic heterocycles. The molecular weight excluding hydrogens is 802 g/mol. The highest BCUT2D eigenvalue weighted by molar-refractivity contribution is 7.90. The Labute approximate surface area is 345 Å². The molecule has 7 rings (SSSR count). The third kappa shape index (κ3) is 9.64. The van der Waals surface area contributed by atoms with E-state index < -0.39 is 56.6 Å². The second-order valence-electron chi connectivity index (χ2n) is 15.2. The van der Waals surface area contributed by atoms with Gasteiger partial charge in [-0.1, -0.05) is 31.3 Å². The fourth-order valence-electron chi connectivity index (χ4n) is 7.84. The van der Waals surface area contributed by atoms with Gasteiger partial charge in [-0.2, -0.15) is 13.1 Å². The molecule has 4 aromatic rings. The largest absolute Gasteiger partial charge is 0.374 e. The Balaban J connectivity index is 0.966. The molecule has 0 saturated carbocycles. The van der Waals surface area contributed by atoms with Crippen molar-refractivity contribution >= 4 is 56.1 Å². The van der Waals surface area contributed by atoms with E-state index in [0.29, 0.717) is 68.6 Å². The van der Waals surface area contributed by atoms with Gasteiger partial charge in [-0.05, 0) is 75.4 Å². The third-order valence-corrected chi connectivity index (χ3v) is 12.1. The fraction of sp³-hybridized carbons (Fsp3) is 0.405. The molecule has 2 aromatic carbocycles. The van der Waals surface area contributed by atoms with Crippen LogP contribution in [0.1, 0.15) is 91.4 Å². The van der Waals surface area contributed by atoms with Gasteiger partial charge in [0.15, 0.2) is 5.82 Å². The minimum atomic E-state index is -4.17. The molecule has 0 aliphatic carbocycles. The normalized spacial score (nSPS) is 19.1. The number of fused-ring (bicyclic) bond motifs is 1. The van der Waals surface area contributed by atoms with Gasteiger partial charge in [0.1, 0.15) is 23.3 Å². The zero-order valence-corrected chi connectivity index (χ0v) is 33.7. The summed E-state index contributed by atoms with van der Waals surface area (Å²) in [6.07, 6.45) is 7.53. The summed E-state index contributed by atoms with van der Waals surface area (Å²) in [5, 5.41) is 5.58. The van der Waals surface area contributed by atoms with Crippen LogP contribution in [0.3, 0.4) is 0 Å². The number of pyridine rings is 1. The van der Waals surface area contributed by atoms with Crippen LogP contribution >= 0.6 is 0 Å². The number of aromatic nitrogens is 2. The number of hydrogen-bond acceptors (Lipinski definition) is 9. The summed E-state index contributed by atoms with van der Waals surface area (Å²) in [5.74, 6) is 1.51. The first-order valence-electron chi connectivity index (χ1n) is 20.0. The first kappa shape index (κ1) is 42.4. The smallest absolute Gasteiger partial charge is 0.299 e. The number of ketones is 1. The molecule has 14 nitrogen and oxygen atoms in total. The van der Waals surface area contributed by atoms with Crippen LogP contribution in [0.5, 0.6) is 0 Å². The first-order valence-corrected chi connectivity index (χ1v) is 21.5. The summed E-state index contributed by atoms with van der Waals surface area (Å²) in [5.41, 5.74) is 0.0839. The molecule has 18 heteroatoms. The van der Waals surface area contributed by atoms with Crippen LogP contribution in [0.15, 0.2) is 48.8 Å². The number of anilines is 2. The Kier molecular flexibility index (Phi) is 12.9. The third-order valence-electron chi connectivity index (χ3n) is 11.0. The zero-order chi connectivity index (χ0) is 42.6. The fourth-order valence-corrected chi connectivity index (χ4v) is 8.83. The molecule has 2 unspecified atom stereocenters. The van der Waals surface area contributed by atoms with E-state index in [2.05, 4.69) is 37.2 Å². The molecule has 60 heavy (non-hydrogen) atoms. The molecular formula is C42H45F3N8O6S. The van der Waals surface area contributed by atoms with Crippen LogP contribution in [0, 0.1) is 35.2 Å². The predicted molar refractivity (Wildman–Crippen MR) is 217 cm³/mol. The van der Waals surface area contributed by atoms with E-state index >= 15 is 8.78 Å². The van der Waals surface area contributed by atoms with E-state index in [1.807, 2.05) is 9.62 Å². The van der Waals surface area contributed by atoms with Crippen LogP contribution in [0.4, 0.5) is 24.5 Å². The molecule has 3 amide bonds. The number of carbonyl (C=O) groups is 4. The van der Waals surface area contributed by atoms with Gasteiger partial charge in [0.25, 0.3) is 10.2 Å². The Morgan fingerprint density at radius 3 is 2.53 bits per heavy atom. The molecule has 3 saturated heterocycles. The van der Waals surface area contributed by atoms with Crippen LogP contribution in [-0.2, 0) is 24.6 Å². The molecule has 0 spiro atoms. The topological polar surface area (TPSA) is 186 Å².